The monoisotopic (exact) mass is 357 g/mol. The highest BCUT2D eigenvalue weighted by Crippen LogP contribution is 2.22. The lowest BCUT2D eigenvalue weighted by Gasteiger charge is -2.11. The number of halogens is 1. The van der Waals surface area contributed by atoms with Gasteiger partial charge in [0.2, 0.25) is 5.91 Å². The van der Waals surface area contributed by atoms with Gasteiger partial charge in [0.25, 0.3) is 0 Å². The summed E-state index contributed by atoms with van der Waals surface area (Å²) >= 11 is 1.23. The molecule has 8 heteroatoms. The molecule has 3 aromatic rings. The number of aromatic nitrogens is 3. The molecule has 0 saturated carbocycles. The van der Waals surface area contributed by atoms with Gasteiger partial charge in [-0.25, -0.2) is 4.39 Å². The van der Waals surface area contributed by atoms with Crippen LogP contribution in [0.4, 0.5) is 10.1 Å². The van der Waals surface area contributed by atoms with E-state index in [-0.39, 0.29) is 11.6 Å². The minimum absolute atomic E-state index is 0.121. The molecule has 25 heavy (non-hydrogen) atoms. The quantitative estimate of drug-likeness (QED) is 0.635. The normalized spacial score (nSPS) is 10.6. The van der Waals surface area contributed by atoms with Crippen molar-refractivity contribution in [2.75, 3.05) is 11.1 Å². The molecule has 0 atom stereocenters. The molecule has 0 fully saturated rings. The summed E-state index contributed by atoms with van der Waals surface area (Å²) in [6.45, 7) is 0.394. The molecule has 0 spiro atoms. The number of amides is 1. The first-order valence-corrected chi connectivity index (χ1v) is 8.52. The number of benzene rings is 2. The first kappa shape index (κ1) is 17.0. The van der Waals surface area contributed by atoms with Crippen LogP contribution in [0.5, 0.6) is 0 Å². The van der Waals surface area contributed by atoms with Crippen LogP contribution in [0.1, 0.15) is 5.82 Å². The lowest BCUT2D eigenvalue weighted by atomic mass is 10.3. The maximum absolute atomic E-state index is 13.0. The second kappa shape index (κ2) is 7.80. The predicted octanol–water partition coefficient (Wildman–Crippen LogP) is 2.60. The molecule has 0 bridgehead atoms. The van der Waals surface area contributed by atoms with Crippen LogP contribution in [-0.4, -0.2) is 26.4 Å². The van der Waals surface area contributed by atoms with Gasteiger partial charge in [-0.1, -0.05) is 30.0 Å². The zero-order chi connectivity index (χ0) is 17.6. The first-order valence-electron chi connectivity index (χ1n) is 7.54. The van der Waals surface area contributed by atoms with E-state index in [0.29, 0.717) is 17.5 Å². The van der Waals surface area contributed by atoms with Gasteiger partial charge < -0.3 is 11.1 Å². The van der Waals surface area contributed by atoms with E-state index in [4.69, 9.17) is 5.73 Å². The van der Waals surface area contributed by atoms with Crippen LogP contribution in [0.3, 0.4) is 0 Å². The van der Waals surface area contributed by atoms with Crippen LogP contribution in [-0.2, 0) is 11.3 Å². The number of nitrogens with two attached hydrogens (primary N) is 1. The van der Waals surface area contributed by atoms with Crippen LogP contribution in [0.25, 0.3) is 5.69 Å². The highest BCUT2D eigenvalue weighted by molar-refractivity contribution is 7.99. The topological polar surface area (TPSA) is 85.8 Å². The number of primary amides is 1. The number of hydrogen-bond acceptors (Lipinski definition) is 5. The highest BCUT2D eigenvalue weighted by Gasteiger charge is 2.15. The van der Waals surface area contributed by atoms with Crippen molar-refractivity contribution < 1.29 is 9.18 Å². The molecular weight excluding hydrogens is 341 g/mol. The molecular formula is C17H16FN5OS. The van der Waals surface area contributed by atoms with E-state index in [9.17, 15) is 9.18 Å². The van der Waals surface area contributed by atoms with E-state index < -0.39 is 5.91 Å². The fourth-order valence-corrected chi connectivity index (χ4v) is 2.94. The number of hydrogen-bond donors (Lipinski definition) is 2. The predicted molar refractivity (Wildman–Crippen MR) is 95.0 cm³/mol. The third kappa shape index (κ3) is 4.36. The summed E-state index contributed by atoms with van der Waals surface area (Å²) in [5, 5.41) is 12.1. The lowest BCUT2D eigenvalue weighted by Crippen LogP contribution is -2.14. The smallest absolute Gasteiger partial charge is 0.227 e. The first-order chi connectivity index (χ1) is 12.1. The second-order valence-electron chi connectivity index (χ2n) is 5.19. The van der Waals surface area contributed by atoms with Crippen molar-refractivity contribution in [3.63, 3.8) is 0 Å². The molecule has 0 aliphatic carbocycles. The minimum atomic E-state index is -0.418. The van der Waals surface area contributed by atoms with Crippen LogP contribution < -0.4 is 11.1 Å². The molecule has 2 aromatic carbocycles. The van der Waals surface area contributed by atoms with Crippen molar-refractivity contribution in [2.24, 2.45) is 5.73 Å². The molecule has 3 N–H and O–H groups in total. The second-order valence-corrected chi connectivity index (χ2v) is 6.13. The van der Waals surface area contributed by atoms with Crippen LogP contribution >= 0.6 is 11.8 Å². The van der Waals surface area contributed by atoms with E-state index >= 15 is 0 Å². The van der Waals surface area contributed by atoms with Crippen molar-refractivity contribution in [1.82, 2.24) is 14.8 Å². The van der Waals surface area contributed by atoms with Crippen LogP contribution in [0, 0.1) is 5.82 Å². The zero-order valence-corrected chi connectivity index (χ0v) is 14.0. The lowest BCUT2D eigenvalue weighted by molar-refractivity contribution is -0.115. The van der Waals surface area contributed by atoms with Gasteiger partial charge in [-0.3, -0.25) is 9.36 Å². The third-order valence-corrected chi connectivity index (χ3v) is 4.30. The molecule has 6 nitrogen and oxygen atoms in total. The highest BCUT2D eigenvalue weighted by atomic mass is 32.2. The van der Waals surface area contributed by atoms with Crippen molar-refractivity contribution in [3.05, 3.63) is 66.2 Å². The number of carbonyl (C=O) groups is 1. The van der Waals surface area contributed by atoms with Crippen molar-refractivity contribution in [2.45, 2.75) is 11.7 Å². The summed E-state index contributed by atoms with van der Waals surface area (Å²) < 4.78 is 14.9. The number of anilines is 1. The molecule has 0 unspecified atom stereocenters. The van der Waals surface area contributed by atoms with E-state index in [1.54, 1.807) is 12.1 Å². The van der Waals surface area contributed by atoms with Crippen LogP contribution in [0.2, 0.25) is 0 Å². The van der Waals surface area contributed by atoms with Crippen molar-refractivity contribution >= 4 is 23.4 Å². The Morgan fingerprint density at radius 2 is 1.84 bits per heavy atom. The Bertz CT molecular complexity index is 851. The van der Waals surface area contributed by atoms with Gasteiger partial charge in [0.1, 0.15) is 5.82 Å². The fraction of sp³-hybridized carbons (Fsp3) is 0.118. The van der Waals surface area contributed by atoms with Gasteiger partial charge in [0.15, 0.2) is 11.0 Å². The zero-order valence-electron chi connectivity index (χ0n) is 13.2. The number of carbonyl (C=O) groups excluding carboxylic acids is 1. The number of rotatable bonds is 7. The molecule has 1 amide bonds. The van der Waals surface area contributed by atoms with Gasteiger partial charge >= 0.3 is 0 Å². The standard InChI is InChI=1S/C17H16FN5OS/c18-12-6-8-13(9-7-12)20-10-16-21-22-17(25-11-15(19)24)23(16)14-4-2-1-3-5-14/h1-9,20H,10-11H2,(H2,19,24). The summed E-state index contributed by atoms with van der Waals surface area (Å²) in [6.07, 6.45) is 0. The van der Waals surface area contributed by atoms with E-state index in [1.165, 1.54) is 23.9 Å². The Labute approximate surface area is 148 Å². The number of para-hydroxylation sites is 1. The summed E-state index contributed by atoms with van der Waals surface area (Å²) in [5.41, 5.74) is 6.88. The molecule has 0 aliphatic rings. The number of thioether (sulfide) groups is 1. The Balaban J connectivity index is 1.85. The number of nitrogens with one attached hydrogen (secondary N) is 1. The average Bonchev–Trinajstić information content (AvgIpc) is 3.03. The Kier molecular flexibility index (Phi) is 5.30. The van der Waals surface area contributed by atoms with E-state index in [2.05, 4.69) is 15.5 Å². The van der Waals surface area contributed by atoms with Crippen LogP contribution in [0.15, 0.2) is 59.8 Å². The van der Waals surface area contributed by atoms with E-state index in [0.717, 1.165) is 11.4 Å². The summed E-state index contributed by atoms with van der Waals surface area (Å²) in [7, 11) is 0. The average molecular weight is 357 g/mol. The Morgan fingerprint density at radius 3 is 2.52 bits per heavy atom. The number of nitrogens with zero attached hydrogens (tertiary/aromatic N) is 3. The molecule has 1 heterocycles. The Hall–Kier alpha value is -2.87. The Morgan fingerprint density at radius 1 is 1.12 bits per heavy atom. The fourth-order valence-electron chi connectivity index (χ4n) is 2.23. The molecule has 0 radical (unpaired) electrons. The maximum atomic E-state index is 13.0. The van der Waals surface area contributed by atoms with Crippen molar-refractivity contribution in [3.8, 4) is 5.69 Å². The maximum Gasteiger partial charge on any atom is 0.227 e. The molecule has 1 aromatic heterocycles. The summed E-state index contributed by atoms with van der Waals surface area (Å²) in [5.74, 6) is 0.0836. The van der Waals surface area contributed by atoms with Gasteiger partial charge in [-0.2, -0.15) is 0 Å². The molecule has 0 aliphatic heterocycles. The minimum Gasteiger partial charge on any atom is -0.378 e. The van der Waals surface area contributed by atoms with E-state index in [1.807, 2.05) is 34.9 Å². The van der Waals surface area contributed by atoms with Gasteiger partial charge in [0, 0.05) is 11.4 Å². The largest absolute Gasteiger partial charge is 0.378 e. The van der Waals surface area contributed by atoms with Crippen molar-refractivity contribution in [1.29, 1.82) is 0 Å². The summed E-state index contributed by atoms with van der Waals surface area (Å²) in [4.78, 5) is 11.1. The third-order valence-electron chi connectivity index (χ3n) is 3.35. The molecule has 128 valence electrons. The van der Waals surface area contributed by atoms with Gasteiger partial charge in [-0.15, -0.1) is 10.2 Å². The summed E-state index contributed by atoms with van der Waals surface area (Å²) in [6, 6.07) is 15.7. The molecule has 3 rings (SSSR count). The molecule has 0 saturated heterocycles. The van der Waals surface area contributed by atoms with Gasteiger partial charge in [-0.05, 0) is 36.4 Å². The SMILES string of the molecule is NC(=O)CSc1nnc(CNc2ccc(F)cc2)n1-c1ccccc1. The van der Waals surface area contributed by atoms with Gasteiger partial charge in [0.05, 0.1) is 12.3 Å².